The van der Waals surface area contributed by atoms with E-state index < -0.39 is 5.97 Å². The van der Waals surface area contributed by atoms with E-state index >= 15 is 0 Å². The molecular formula is C17H21BrO3. The minimum absolute atomic E-state index is 0.251. The van der Waals surface area contributed by atoms with E-state index in [0.29, 0.717) is 11.8 Å². The van der Waals surface area contributed by atoms with Crippen LogP contribution in [0.4, 0.5) is 0 Å². The van der Waals surface area contributed by atoms with Gasteiger partial charge in [0, 0.05) is 10.5 Å². The zero-order valence-electron chi connectivity index (χ0n) is 12.4. The fraction of sp³-hybridized carbons (Fsp3) is 0.471. The summed E-state index contributed by atoms with van der Waals surface area (Å²) in [4.78, 5) is 10.6. The third kappa shape index (κ3) is 4.88. The topological polar surface area (TPSA) is 46.5 Å². The number of ether oxygens (including phenoxy) is 1. The van der Waals surface area contributed by atoms with E-state index in [1.807, 2.05) is 18.2 Å². The van der Waals surface area contributed by atoms with Gasteiger partial charge in [-0.25, -0.2) is 4.79 Å². The maximum atomic E-state index is 10.6. The minimum atomic E-state index is -0.955. The van der Waals surface area contributed by atoms with Crippen molar-refractivity contribution in [3.05, 3.63) is 34.3 Å². The molecule has 2 rings (SSSR count). The first-order chi connectivity index (χ1) is 9.94. The van der Waals surface area contributed by atoms with E-state index in [0.717, 1.165) is 34.7 Å². The highest BCUT2D eigenvalue weighted by molar-refractivity contribution is 9.10. The second-order valence-corrected chi connectivity index (χ2v) is 6.87. The van der Waals surface area contributed by atoms with Crippen molar-refractivity contribution in [1.29, 1.82) is 0 Å². The molecule has 1 aliphatic rings. The normalized spacial score (nSPS) is 26.0. The Morgan fingerprint density at radius 1 is 1.29 bits per heavy atom. The van der Waals surface area contributed by atoms with Crippen molar-refractivity contribution in [2.24, 2.45) is 11.8 Å². The van der Waals surface area contributed by atoms with Crippen molar-refractivity contribution in [2.75, 3.05) is 0 Å². The Morgan fingerprint density at radius 3 is 2.57 bits per heavy atom. The molecule has 4 heteroatoms. The van der Waals surface area contributed by atoms with E-state index in [1.54, 1.807) is 6.08 Å². The van der Waals surface area contributed by atoms with Gasteiger partial charge in [0.1, 0.15) is 5.75 Å². The van der Waals surface area contributed by atoms with Gasteiger partial charge < -0.3 is 9.84 Å². The lowest BCUT2D eigenvalue weighted by Gasteiger charge is -2.31. The molecule has 1 N–H and O–H groups in total. The zero-order valence-corrected chi connectivity index (χ0v) is 14.0. The SMILES string of the molecule is CC1CC(C)CC(Oc2ccc(Br)c(/C=C/C(=O)O)c2)C1. The molecule has 1 aliphatic carbocycles. The fourth-order valence-corrected chi connectivity index (χ4v) is 3.42. The van der Waals surface area contributed by atoms with Crippen molar-refractivity contribution < 1.29 is 14.6 Å². The predicted molar refractivity (Wildman–Crippen MR) is 87.4 cm³/mol. The summed E-state index contributed by atoms with van der Waals surface area (Å²) in [7, 11) is 0. The first-order valence-corrected chi connectivity index (χ1v) is 8.10. The Balaban J connectivity index is 2.10. The van der Waals surface area contributed by atoms with Gasteiger partial charge in [0.15, 0.2) is 0 Å². The lowest BCUT2D eigenvalue weighted by molar-refractivity contribution is -0.131. The summed E-state index contributed by atoms with van der Waals surface area (Å²) < 4.78 is 6.96. The highest BCUT2D eigenvalue weighted by Gasteiger charge is 2.25. The van der Waals surface area contributed by atoms with Gasteiger partial charge in [-0.1, -0.05) is 29.8 Å². The first kappa shape index (κ1) is 16.1. The molecule has 1 aromatic carbocycles. The van der Waals surface area contributed by atoms with E-state index in [1.165, 1.54) is 6.42 Å². The van der Waals surface area contributed by atoms with Crippen LogP contribution in [0.25, 0.3) is 6.08 Å². The summed E-state index contributed by atoms with van der Waals surface area (Å²) in [5.41, 5.74) is 0.812. The van der Waals surface area contributed by atoms with E-state index in [9.17, 15) is 4.79 Å². The third-order valence-corrected chi connectivity index (χ3v) is 4.53. The van der Waals surface area contributed by atoms with Crippen LogP contribution in [0.3, 0.4) is 0 Å². The molecule has 1 fully saturated rings. The molecule has 2 unspecified atom stereocenters. The lowest BCUT2D eigenvalue weighted by atomic mass is 9.82. The Labute approximate surface area is 134 Å². The van der Waals surface area contributed by atoms with Crippen molar-refractivity contribution >= 4 is 28.0 Å². The number of hydrogen-bond acceptors (Lipinski definition) is 2. The van der Waals surface area contributed by atoms with E-state index in [2.05, 4.69) is 29.8 Å². The molecular weight excluding hydrogens is 332 g/mol. The smallest absolute Gasteiger partial charge is 0.328 e. The van der Waals surface area contributed by atoms with E-state index in [-0.39, 0.29) is 6.10 Å². The molecule has 0 saturated heterocycles. The molecule has 1 aromatic rings. The molecule has 0 spiro atoms. The average Bonchev–Trinajstić information content (AvgIpc) is 2.38. The molecule has 114 valence electrons. The Morgan fingerprint density at radius 2 is 1.95 bits per heavy atom. The first-order valence-electron chi connectivity index (χ1n) is 7.31. The number of carboxylic acid groups (broad SMARTS) is 1. The molecule has 0 amide bonds. The minimum Gasteiger partial charge on any atom is -0.490 e. The highest BCUT2D eigenvalue weighted by atomic mass is 79.9. The fourth-order valence-electron chi connectivity index (χ4n) is 3.05. The van der Waals surface area contributed by atoms with Gasteiger partial charge in [-0.05, 0) is 60.9 Å². The van der Waals surface area contributed by atoms with Gasteiger partial charge in [0.25, 0.3) is 0 Å². The number of carboxylic acids is 1. The Bertz CT molecular complexity index is 529. The van der Waals surface area contributed by atoms with Crippen LogP contribution in [0.15, 0.2) is 28.7 Å². The maximum Gasteiger partial charge on any atom is 0.328 e. The third-order valence-electron chi connectivity index (χ3n) is 3.81. The van der Waals surface area contributed by atoms with Crippen LogP contribution in [-0.4, -0.2) is 17.2 Å². The molecule has 0 aromatic heterocycles. The molecule has 0 radical (unpaired) electrons. The van der Waals surface area contributed by atoms with Crippen LogP contribution in [-0.2, 0) is 4.79 Å². The molecule has 0 bridgehead atoms. The van der Waals surface area contributed by atoms with Gasteiger partial charge in [-0.3, -0.25) is 0 Å². The van der Waals surface area contributed by atoms with Crippen molar-refractivity contribution in [3.8, 4) is 5.75 Å². The number of rotatable bonds is 4. The van der Waals surface area contributed by atoms with Gasteiger partial charge >= 0.3 is 5.97 Å². The number of benzene rings is 1. The standard InChI is InChI=1S/C17H21BrO3/c1-11-7-12(2)9-15(8-11)21-14-4-5-16(18)13(10-14)3-6-17(19)20/h3-6,10-12,15H,7-9H2,1-2H3,(H,19,20)/b6-3+. The summed E-state index contributed by atoms with van der Waals surface area (Å²) in [5.74, 6) is 1.24. The van der Waals surface area contributed by atoms with Gasteiger partial charge in [-0.2, -0.15) is 0 Å². The van der Waals surface area contributed by atoms with Crippen LogP contribution in [0.1, 0.15) is 38.7 Å². The molecule has 0 aliphatic heterocycles. The summed E-state index contributed by atoms with van der Waals surface area (Å²) >= 11 is 3.43. The van der Waals surface area contributed by atoms with Crippen LogP contribution in [0, 0.1) is 11.8 Å². The average molecular weight is 353 g/mol. The quantitative estimate of drug-likeness (QED) is 0.795. The summed E-state index contributed by atoms with van der Waals surface area (Å²) in [6.07, 6.45) is 6.40. The Kier molecular flexibility index (Phi) is 5.45. The zero-order chi connectivity index (χ0) is 15.4. The van der Waals surface area contributed by atoms with Crippen LogP contribution >= 0.6 is 15.9 Å². The monoisotopic (exact) mass is 352 g/mol. The van der Waals surface area contributed by atoms with Gasteiger partial charge in [0.05, 0.1) is 6.10 Å². The molecule has 3 nitrogen and oxygen atoms in total. The highest BCUT2D eigenvalue weighted by Crippen LogP contribution is 2.32. The van der Waals surface area contributed by atoms with Crippen LogP contribution in [0.2, 0.25) is 0 Å². The number of hydrogen-bond donors (Lipinski definition) is 1. The van der Waals surface area contributed by atoms with Crippen LogP contribution < -0.4 is 4.74 Å². The molecule has 21 heavy (non-hydrogen) atoms. The lowest BCUT2D eigenvalue weighted by Crippen LogP contribution is -2.28. The Hall–Kier alpha value is -1.29. The van der Waals surface area contributed by atoms with Gasteiger partial charge in [-0.15, -0.1) is 0 Å². The van der Waals surface area contributed by atoms with E-state index in [4.69, 9.17) is 9.84 Å². The molecule has 2 atom stereocenters. The summed E-state index contributed by atoms with van der Waals surface area (Å²) in [6.45, 7) is 4.54. The van der Waals surface area contributed by atoms with Gasteiger partial charge in [0.2, 0.25) is 0 Å². The van der Waals surface area contributed by atoms with Crippen molar-refractivity contribution in [3.63, 3.8) is 0 Å². The van der Waals surface area contributed by atoms with Crippen molar-refractivity contribution in [2.45, 2.75) is 39.2 Å². The second-order valence-electron chi connectivity index (χ2n) is 6.01. The van der Waals surface area contributed by atoms with Crippen molar-refractivity contribution in [1.82, 2.24) is 0 Å². The van der Waals surface area contributed by atoms with Crippen LogP contribution in [0.5, 0.6) is 5.75 Å². The largest absolute Gasteiger partial charge is 0.490 e. The summed E-state index contributed by atoms with van der Waals surface area (Å²) in [6, 6.07) is 5.70. The number of carbonyl (C=O) groups is 1. The number of halogens is 1. The predicted octanol–water partition coefficient (Wildman–Crippen LogP) is 4.75. The maximum absolute atomic E-state index is 10.6. The number of aliphatic carboxylic acids is 1. The molecule has 1 saturated carbocycles. The summed E-state index contributed by atoms with van der Waals surface area (Å²) in [5, 5.41) is 8.72. The second kappa shape index (κ2) is 7.12. The molecule has 0 heterocycles.